The van der Waals surface area contributed by atoms with Crippen LogP contribution < -0.4 is 5.73 Å². The molecule has 1 aromatic heterocycles. The molecule has 2 unspecified atom stereocenters. The van der Waals surface area contributed by atoms with Gasteiger partial charge in [0.1, 0.15) is 5.82 Å². The van der Waals surface area contributed by atoms with Crippen molar-refractivity contribution in [2.75, 3.05) is 13.1 Å². The summed E-state index contributed by atoms with van der Waals surface area (Å²) in [5.74, 6) is 1.91. The molecule has 4 nitrogen and oxygen atoms in total. The quantitative estimate of drug-likeness (QED) is 0.857. The Hall–Kier alpha value is -0.870. The Morgan fingerprint density at radius 2 is 2.21 bits per heavy atom. The summed E-state index contributed by atoms with van der Waals surface area (Å²) in [5, 5.41) is 0. The van der Waals surface area contributed by atoms with Crippen LogP contribution in [0.15, 0.2) is 12.4 Å². The summed E-state index contributed by atoms with van der Waals surface area (Å²) in [6, 6.07) is 0. The monoisotopic (exact) mass is 264 g/mol. The summed E-state index contributed by atoms with van der Waals surface area (Å²) in [4.78, 5) is 7.04. The van der Waals surface area contributed by atoms with Crippen LogP contribution in [0.4, 0.5) is 0 Å². The second-order valence-corrected chi connectivity index (χ2v) is 5.96. The average molecular weight is 264 g/mol. The van der Waals surface area contributed by atoms with Crippen LogP contribution in [0.25, 0.3) is 0 Å². The Kier molecular flexibility index (Phi) is 4.63. The summed E-state index contributed by atoms with van der Waals surface area (Å²) in [6.45, 7) is 10.7. The lowest BCUT2D eigenvalue weighted by Crippen LogP contribution is -2.56. The molecule has 0 bridgehead atoms. The lowest BCUT2D eigenvalue weighted by Gasteiger charge is -2.46. The number of aromatic nitrogens is 2. The molecule has 1 aliphatic heterocycles. The van der Waals surface area contributed by atoms with Crippen LogP contribution in [0.2, 0.25) is 0 Å². The minimum absolute atomic E-state index is 0.145. The van der Waals surface area contributed by atoms with Gasteiger partial charge in [0.15, 0.2) is 0 Å². The molecule has 1 aromatic rings. The van der Waals surface area contributed by atoms with E-state index >= 15 is 0 Å². The highest BCUT2D eigenvalue weighted by Gasteiger charge is 2.36. The Labute approximate surface area is 117 Å². The van der Waals surface area contributed by atoms with Gasteiger partial charge in [0.2, 0.25) is 0 Å². The second-order valence-electron chi connectivity index (χ2n) is 5.96. The van der Waals surface area contributed by atoms with Crippen LogP contribution in [-0.4, -0.2) is 33.1 Å². The molecule has 2 rings (SSSR count). The van der Waals surface area contributed by atoms with Crippen molar-refractivity contribution in [3.8, 4) is 0 Å². The van der Waals surface area contributed by atoms with Gasteiger partial charge in [-0.05, 0) is 18.8 Å². The molecule has 2 atom stereocenters. The molecule has 0 amide bonds. The first-order valence-corrected chi connectivity index (χ1v) is 7.60. The van der Waals surface area contributed by atoms with E-state index < -0.39 is 0 Å². The van der Waals surface area contributed by atoms with Crippen LogP contribution in [0.3, 0.4) is 0 Å². The van der Waals surface area contributed by atoms with Crippen LogP contribution in [0, 0.1) is 5.92 Å². The van der Waals surface area contributed by atoms with Crippen LogP contribution in [0.1, 0.15) is 45.9 Å². The number of rotatable bonds is 6. The van der Waals surface area contributed by atoms with Crippen molar-refractivity contribution < 1.29 is 0 Å². The van der Waals surface area contributed by atoms with E-state index in [1.54, 1.807) is 0 Å². The predicted molar refractivity (Wildman–Crippen MR) is 78.8 cm³/mol. The Morgan fingerprint density at radius 1 is 1.42 bits per heavy atom. The molecule has 0 radical (unpaired) electrons. The standard InChI is InChI=1S/C15H28N4/c1-4-13(3)10-15(5-2,12-16)19-9-8-18-7-6-17-14(18)11-19/h6-7,13H,4-5,8-12,16H2,1-3H3. The van der Waals surface area contributed by atoms with E-state index in [1.807, 2.05) is 6.20 Å². The molecule has 1 aliphatic rings. The van der Waals surface area contributed by atoms with Gasteiger partial charge in [0.25, 0.3) is 0 Å². The summed E-state index contributed by atoms with van der Waals surface area (Å²) in [7, 11) is 0. The van der Waals surface area contributed by atoms with Gasteiger partial charge in [-0.2, -0.15) is 0 Å². The lowest BCUT2D eigenvalue weighted by atomic mass is 9.82. The maximum absolute atomic E-state index is 6.18. The van der Waals surface area contributed by atoms with E-state index in [-0.39, 0.29) is 5.54 Å². The highest BCUT2D eigenvalue weighted by Crippen LogP contribution is 2.31. The summed E-state index contributed by atoms with van der Waals surface area (Å²) >= 11 is 0. The van der Waals surface area contributed by atoms with Gasteiger partial charge < -0.3 is 10.3 Å². The van der Waals surface area contributed by atoms with Crippen molar-refractivity contribution in [2.45, 2.75) is 58.7 Å². The highest BCUT2D eigenvalue weighted by molar-refractivity contribution is 5.01. The van der Waals surface area contributed by atoms with Crippen LogP contribution in [-0.2, 0) is 13.1 Å². The molecule has 0 saturated heterocycles. The molecular weight excluding hydrogens is 236 g/mol. The minimum atomic E-state index is 0.145. The fourth-order valence-corrected chi connectivity index (χ4v) is 3.23. The zero-order chi connectivity index (χ0) is 13.9. The molecule has 0 saturated carbocycles. The van der Waals surface area contributed by atoms with E-state index in [0.29, 0.717) is 0 Å². The third-order valence-electron chi connectivity index (χ3n) is 4.88. The number of hydrogen-bond donors (Lipinski definition) is 1. The predicted octanol–water partition coefficient (Wildman–Crippen LogP) is 2.24. The van der Waals surface area contributed by atoms with E-state index in [2.05, 4.69) is 41.4 Å². The van der Waals surface area contributed by atoms with Crippen molar-refractivity contribution in [3.05, 3.63) is 18.2 Å². The molecule has 19 heavy (non-hydrogen) atoms. The number of nitrogens with two attached hydrogens (primary N) is 1. The fraction of sp³-hybridized carbons (Fsp3) is 0.800. The minimum Gasteiger partial charge on any atom is -0.333 e. The Balaban J connectivity index is 2.16. The van der Waals surface area contributed by atoms with Gasteiger partial charge in [-0.1, -0.05) is 27.2 Å². The van der Waals surface area contributed by atoms with Gasteiger partial charge in [0, 0.05) is 37.6 Å². The van der Waals surface area contributed by atoms with Gasteiger partial charge in [0.05, 0.1) is 6.54 Å². The lowest BCUT2D eigenvalue weighted by molar-refractivity contribution is 0.0397. The average Bonchev–Trinajstić information content (AvgIpc) is 2.92. The summed E-state index contributed by atoms with van der Waals surface area (Å²) < 4.78 is 2.26. The molecule has 2 N–H and O–H groups in total. The first kappa shape index (κ1) is 14.5. The van der Waals surface area contributed by atoms with Crippen molar-refractivity contribution >= 4 is 0 Å². The third-order valence-corrected chi connectivity index (χ3v) is 4.88. The first-order valence-electron chi connectivity index (χ1n) is 7.60. The van der Waals surface area contributed by atoms with E-state index in [9.17, 15) is 0 Å². The molecule has 0 aliphatic carbocycles. The van der Waals surface area contributed by atoms with E-state index in [1.165, 1.54) is 18.7 Å². The van der Waals surface area contributed by atoms with Gasteiger partial charge in [-0.15, -0.1) is 0 Å². The molecule has 0 fully saturated rings. The van der Waals surface area contributed by atoms with Crippen molar-refractivity contribution in [3.63, 3.8) is 0 Å². The summed E-state index contributed by atoms with van der Waals surface area (Å²) in [5.41, 5.74) is 6.32. The van der Waals surface area contributed by atoms with E-state index in [4.69, 9.17) is 5.73 Å². The van der Waals surface area contributed by atoms with E-state index in [0.717, 1.165) is 38.5 Å². The van der Waals surface area contributed by atoms with Crippen molar-refractivity contribution in [1.29, 1.82) is 0 Å². The Bertz CT molecular complexity index is 395. The SMILES string of the molecule is CCC(C)CC(CC)(CN)N1CCn2ccnc2C1. The zero-order valence-electron chi connectivity index (χ0n) is 12.6. The van der Waals surface area contributed by atoms with Crippen LogP contribution >= 0.6 is 0 Å². The topological polar surface area (TPSA) is 47.1 Å². The summed E-state index contributed by atoms with van der Waals surface area (Å²) in [6.07, 6.45) is 7.52. The number of hydrogen-bond acceptors (Lipinski definition) is 3. The molecule has 108 valence electrons. The second kappa shape index (κ2) is 6.06. The Morgan fingerprint density at radius 3 is 2.84 bits per heavy atom. The van der Waals surface area contributed by atoms with Gasteiger partial charge >= 0.3 is 0 Å². The number of fused-ring (bicyclic) bond motifs is 1. The maximum Gasteiger partial charge on any atom is 0.122 e. The van der Waals surface area contributed by atoms with Crippen molar-refractivity contribution in [2.24, 2.45) is 11.7 Å². The zero-order valence-corrected chi connectivity index (χ0v) is 12.6. The third kappa shape index (κ3) is 2.84. The number of nitrogens with zero attached hydrogens (tertiary/aromatic N) is 3. The normalized spacial score (nSPS) is 20.8. The molecule has 0 aromatic carbocycles. The molecule has 0 spiro atoms. The fourth-order valence-electron chi connectivity index (χ4n) is 3.23. The van der Waals surface area contributed by atoms with Crippen molar-refractivity contribution in [1.82, 2.24) is 14.5 Å². The highest BCUT2D eigenvalue weighted by atomic mass is 15.3. The van der Waals surface area contributed by atoms with Crippen LogP contribution in [0.5, 0.6) is 0 Å². The smallest absolute Gasteiger partial charge is 0.122 e. The molecule has 4 heteroatoms. The maximum atomic E-state index is 6.18. The molecular formula is C15H28N4. The first-order chi connectivity index (χ1) is 9.15. The largest absolute Gasteiger partial charge is 0.333 e. The molecule has 2 heterocycles. The number of imidazole rings is 1. The van der Waals surface area contributed by atoms with Gasteiger partial charge in [-0.25, -0.2) is 4.98 Å². The van der Waals surface area contributed by atoms with Gasteiger partial charge in [-0.3, -0.25) is 4.90 Å².